The Morgan fingerprint density at radius 2 is 1.22 bits per heavy atom. The highest BCUT2D eigenvalue weighted by atomic mass is 35.5. The number of nitrogens with zero attached hydrogens (tertiary/aromatic N) is 5. The first kappa shape index (κ1) is 42.8. The topological polar surface area (TPSA) is 93.9 Å². The molecule has 0 saturated heterocycles. The Hall–Kier alpha value is -4.27. The van der Waals surface area contributed by atoms with E-state index in [1.807, 2.05) is 6.92 Å². The molecule has 1 unspecified atom stereocenters. The number of ether oxygens (including phenoxy) is 2. The van der Waals surface area contributed by atoms with Crippen LogP contribution in [0.2, 0.25) is 25.4 Å². The number of oxime groups is 1. The molecule has 312 valence electrons. The maximum Gasteiger partial charge on any atom is 0.276 e. The predicted molar refractivity (Wildman–Crippen MR) is 225 cm³/mol. The summed E-state index contributed by atoms with van der Waals surface area (Å²) in [6, 6.07) is 9.08. The highest BCUT2D eigenvalue weighted by Crippen LogP contribution is 2.39. The van der Waals surface area contributed by atoms with Crippen LogP contribution in [0, 0.1) is 17.5 Å². The number of fused-ring (bicyclic) bond motifs is 2. The van der Waals surface area contributed by atoms with Gasteiger partial charge in [-0.3, -0.25) is 19.0 Å². The second-order valence-electron chi connectivity index (χ2n) is 14.8. The zero-order valence-electron chi connectivity index (χ0n) is 31.8. The van der Waals surface area contributed by atoms with Crippen LogP contribution >= 0.6 is 58.0 Å². The van der Waals surface area contributed by atoms with E-state index in [1.165, 1.54) is 35.0 Å². The quantitative estimate of drug-likeness (QED) is 0.137. The van der Waals surface area contributed by atoms with Crippen molar-refractivity contribution in [2.24, 2.45) is 5.16 Å². The fraction of sp³-hybridized carbons (Fsp3) is 0.341. The van der Waals surface area contributed by atoms with Crippen LogP contribution in [0.5, 0.6) is 11.5 Å². The highest BCUT2D eigenvalue weighted by Gasteiger charge is 2.37. The Labute approximate surface area is 361 Å². The second-order valence-corrected chi connectivity index (χ2v) is 16.7. The lowest BCUT2D eigenvalue weighted by Gasteiger charge is -2.22. The van der Waals surface area contributed by atoms with Gasteiger partial charge in [-0.2, -0.15) is 0 Å². The molecule has 3 aromatic carbocycles. The minimum Gasteiger partial charge on any atom is -0.488 e. The molecular weight excluding hydrogens is 877 g/mol. The first-order valence-corrected chi connectivity index (χ1v) is 20.5. The van der Waals surface area contributed by atoms with Crippen LogP contribution in [0.1, 0.15) is 51.5 Å². The van der Waals surface area contributed by atoms with E-state index in [2.05, 4.69) is 11.7 Å². The van der Waals surface area contributed by atoms with Gasteiger partial charge >= 0.3 is 0 Å². The Morgan fingerprint density at radius 1 is 0.729 bits per heavy atom. The third-order valence-electron chi connectivity index (χ3n) is 10.1. The summed E-state index contributed by atoms with van der Waals surface area (Å²) in [5.74, 6) is -1.27. The van der Waals surface area contributed by atoms with Crippen LogP contribution in [0.4, 0.5) is 13.2 Å². The van der Waals surface area contributed by atoms with Crippen LogP contribution < -0.4 is 20.6 Å². The van der Waals surface area contributed by atoms with Crippen molar-refractivity contribution >= 4 is 63.7 Å². The van der Waals surface area contributed by atoms with E-state index in [-0.39, 0.29) is 77.7 Å². The van der Waals surface area contributed by atoms with E-state index in [1.54, 1.807) is 21.0 Å². The maximum atomic E-state index is 14.9. The molecule has 0 aliphatic carbocycles. The van der Waals surface area contributed by atoms with Gasteiger partial charge in [0.2, 0.25) is 0 Å². The molecule has 2 aromatic heterocycles. The lowest BCUT2D eigenvalue weighted by molar-refractivity contribution is -0.0356. The van der Waals surface area contributed by atoms with Gasteiger partial charge < -0.3 is 14.3 Å². The Bertz CT molecular complexity index is 2640. The summed E-state index contributed by atoms with van der Waals surface area (Å²) in [6.45, 7) is 9.94. The van der Waals surface area contributed by atoms with Gasteiger partial charge in [-0.05, 0) is 87.6 Å². The summed E-state index contributed by atoms with van der Waals surface area (Å²) >= 11 is 31.3. The normalized spacial score (nSPS) is 17.0. The molecule has 10 nitrogen and oxygen atoms in total. The van der Waals surface area contributed by atoms with E-state index < -0.39 is 23.1 Å². The molecule has 0 spiro atoms. The average molecular weight is 914 g/mol. The molecule has 0 N–H and O–H groups in total. The highest BCUT2D eigenvalue weighted by molar-refractivity contribution is 6.35. The molecule has 8 rings (SSSR count). The number of halogens is 8. The standard InChI is InChI=1S/C24H20Cl3F2N3O3.C17H17Cl2FN2O2/c1-24(11-19(30-35-24)14-5-4-13(28)8-16(14)25)12-34-20-9-15(18(29)10-17(20)26)21-22(27)31-6-2-3-7-32(31)23(21)33;1-10(2)9-24-14-7-11(13(20)8-12(14)18)15-16(19)21-5-3-4-6-22(21)17(15)23/h4-5,8-10H,2-3,6-7,11-12H2,1H3;7-8H,1,3-6,9H2,2H3. The van der Waals surface area contributed by atoms with Gasteiger partial charge in [-0.15, -0.1) is 0 Å². The van der Waals surface area contributed by atoms with Crippen LogP contribution in [0.15, 0.2) is 69.4 Å². The van der Waals surface area contributed by atoms with E-state index in [0.29, 0.717) is 49.6 Å². The summed E-state index contributed by atoms with van der Waals surface area (Å²) in [6.07, 6.45) is 3.90. The molecule has 3 aliphatic rings. The number of hydrogen-bond donors (Lipinski definition) is 0. The third-order valence-corrected chi connectivity index (χ3v) is 11.7. The van der Waals surface area contributed by atoms with Crippen molar-refractivity contribution in [3.05, 3.63) is 124 Å². The molecule has 0 radical (unpaired) electrons. The van der Waals surface area contributed by atoms with Crippen molar-refractivity contribution in [2.75, 3.05) is 13.2 Å². The van der Waals surface area contributed by atoms with Gasteiger partial charge in [0.1, 0.15) is 52.5 Å². The molecule has 18 heteroatoms. The van der Waals surface area contributed by atoms with Gasteiger partial charge in [-0.25, -0.2) is 22.5 Å². The minimum absolute atomic E-state index is 0.0151. The van der Waals surface area contributed by atoms with Crippen molar-refractivity contribution in [3.63, 3.8) is 0 Å². The molecule has 0 bridgehead atoms. The molecule has 5 aromatic rings. The number of rotatable bonds is 9. The molecule has 0 saturated carbocycles. The largest absolute Gasteiger partial charge is 0.488 e. The molecule has 0 fully saturated rings. The first-order valence-electron chi connectivity index (χ1n) is 18.6. The molecule has 5 heterocycles. The lowest BCUT2D eigenvalue weighted by Crippen LogP contribution is -2.33. The SMILES string of the molecule is C=C(C)COc1cc(-c2c(Cl)n3n(c2=O)CCCC3)c(F)cc1Cl.CC1(COc2cc(-c3c(Cl)n4n(c3=O)CCCC4)c(F)cc2Cl)CC(c2ccc(F)cc2Cl)=NO1. The number of benzene rings is 3. The Kier molecular flexibility index (Phi) is 12.6. The van der Waals surface area contributed by atoms with Crippen LogP contribution in [-0.2, 0) is 31.0 Å². The first-order chi connectivity index (χ1) is 28.1. The van der Waals surface area contributed by atoms with E-state index in [9.17, 15) is 22.8 Å². The fourth-order valence-corrected chi connectivity index (χ4v) is 8.53. The van der Waals surface area contributed by atoms with Gasteiger partial charge in [0.15, 0.2) is 5.60 Å². The molecule has 59 heavy (non-hydrogen) atoms. The number of hydrogen-bond acceptors (Lipinski definition) is 6. The molecule has 3 aliphatic heterocycles. The molecule has 1 atom stereocenters. The summed E-state index contributed by atoms with van der Waals surface area (Å²) < 4.78 is 60.7. The monoisotopic (exact) mass is 911 g/mol. The summed E-state index contributed by atoms with van der Waals surface area (Å²) in [5.41, 5.74) is 0.709. The summed E-state index contributed by atoms with van der Waals surface area (Å²) in [5, 5.41) is 4.92. The van der Waals surface area contributed by atoms with Crippen molar-refractivity contribution in [3.8, 4) is 33.8 Å². The van der Waals surface area contributed by atoms with E-state index in [0.717, 1.165) is 43.4 Å². The number of aromatic nitrogens is 4. The zero-order valence-corrected chi connectivity index (χ0v) is 35.6. The molecular formula is C41H37Cl5F3N5O5. The average Bonchev–Trinajstić information content (AvgIpc) is 3.79. The Morgan fingerprint density at radius 3 is 1.69 bits per heavy atom. The van der Waals surface area contributed by atoms with Gasteiger partial charge in [-0.1, -0.05) is 69.7 Å². The summed E-state index contributed by atoms with van der Waals surface area (Å²) in [4.78, 5) is 31.2. The molecule has 0 amide bonds. The third kappa shape index (κ3) is 8.68. The van der Waals surface area contributed by atoms with Crippen LogP contribution in [0.3, 0.4) is 0 Å². The lowest BCUT2D eigenvalue weighted by atomic mass is 9.96. The van der Waals surface area contributed by atoms with Crippen molar-refractivity contribution in [2.45, 2.75) is 77.7 Å². The van der Waals surface area contributed by atoms with Crippen molar-refractivity contribution < 1.29 is 27.5 Å². The van der Waals surface area contributed by atoms with Gasteiger partial charge in [0.05, 0.1) is 31.9 Å². The Balaban J connectivity index is 0.000000192. The van der Waals surface area contributed by atoms with Crippen LogP contribution in [-0.4, -0.2) is 43.3 Å². The second kappa shape index (κ2) is 17.4. The van der Waals surface area contributed by atoms with E-state index in [4.69, 9.17) is 72.3 Å². The summed E-state index contributed by atoms with van der Waals surface area (Å²) in [7, 11) is 0. The van der Waals surface area contributed by atoms with Crippen molar-refractivity contribution in [1.82, 2.24) is 18.7 Å². The predicted octanol–water partition coefficient (Wildman–Crippen LogP) is 10.8. The maximum absolute atomic E-state index is 14.9. The van der Waals surface area contributed by atoms with E-state index >= 15 is 0 Å². The van der Waals surface area contributed by atoms with Gasteiger partial charge in [0, 0.05) is 49.3 Å². The van der Waals surface area contributed by atoms with Crippen molar-refractivity contribution in [1.29, 1.82) is 0 Å². The van der Waals surface area contributed by atoms with Gasteiger partial charge in [0.25, 0.3) is 11.1 Å². The fourth-order valence-electron chi connectivity index (χ4n) is 7.13. The zero-order chi connectivity index (χ0) is 42.3. The minimum atomic E-state index is -0.878. The smallest absolute Gasteiger partial charge is 0.276 e. The van der Waals surface area contributed by atoms with Crippen LogP contribution in [0.25, 0.3) is 22.3 Å².